The molecule has 0 saturated heterocycles. The summed E-state index contributed by atoms with van der Waals surface area (Å²) >= 11 is 0. The van der Waals surface area contributed by atoms with Gasteiger partial charge in [0.25, 0.3) is 0 Å². The summed E-state index contributed by atoms with van der Waals surface area (Å²) in [7, 11) is 1.78. The van der Waals surface area contributed by atoms with Crippen molar-refractivity contribution in [2.24, 2.45) is 5.92 Å². The van der Waals surface area contributed by atoms with Crippen LogP contribution in [0.1, 0.15) is 20.3 Å². The Bertz CT molecular complexity index is 83.0. The molecule has 2 nitrogen and oxygen atoms in total. The van der Waals surface area contributed by atoms with Gasteiger partial charge in [-0.15, -0.1) is 0 Å². The average molecular weight is 128 g/mol. The van der Waals surface area contributed by atoms with Crippen LogP contribution in [-0.4, -0.2) is 19.4 Å². The lowest BCUT2D eigenvalue weighted by Gasteiger charge is -2.13. The third-order valence-electron chi connectivity index (χ3n) is 1.65. The van der Waals surface area contributed by atoms with Crippen LogP contribution >= 0.6 is 0 Å². The van der Waals surface area contributed by atoms with Gasteiger partial charge in [-0.25, -0.2) is 0 Å². The van der Waals surface area contributed by atoms with Crippen LogP contribution in [0.15, 0.2) is 0 Å². The third-order valence-corrected chi connectivity index (χ3v) is 1.65. The first-order valence-corrected chi connectivity index (χ1v) is 3.31. The molecule has 2 heteroatoms. The Morgan fingerprint density at radius 2 is 2.22 bits per heavy atom. The summed E-state index contributed by atoms with van der Waals surface area (Å²) in [4.78, 5) is 10.1. The van der Waals surface area contributed by atoms with Gasteiger partial charge in [0.05, 0.1) is 6.04 Å². The molecular weight excluding hydrogens is 114 g/mol. The van der Waals surface area contributed by atoms with E-state index in [2.05, 4.69) is 12.2 Å². The number of carbonyl (C=O) groups excluding carboxylic acids is 1. The van der Waals surface area contributed by atoms with Gasteiger partial charge in [0, 0.05) is 0 Å². The van der Waals surface area contributed by atoms with E-state index in [1.165, 1.54) is 0 Å². The second-order valence-corrected chi connectivity index (χ2v) is 2.27. The number of rotatable bonds is 4. The van der Waals surface area contributed by atoms with Gasteiger partial charge >= 0.3 is 0 Å². The van der Waals surface area contributed by atoms with E-state index >= 15 is 0 Å². The van der Waals surface area contributed by atoms with Crippen molar-refractivity contribution in [3.05, 3.63) is 0 Å². The standard InChI is InChI=1S/C7H14NO/c1-4-6(2)7(5-9)8-3/h6-8H,4H2,1-3H3/t6-,7+/m0/s1. The summed E-state index contributed by atoms with van der Waals surface area (Å²) in [5, 5.41) is 2.88. The Kier molecular flexibility index (Phi) is 4.32. The molecule has 0 aromatic heterocycles. The number of likely N-dealkylation sites (N-methyl/N-ethyl adjacent to an activating group) is 1. The highest BCUT2D eigenvalue weighted by molar-refractivity contribution is 5.58. The molecule has 0 rings (SSSR count). The molecule has 0 heterocycles. The van der Waals surface area contributed by atoms with Crippen molar-refractivity contribution in [3.63, 3.8) is 0 Å². The molecule has 0 saturated carbocycles. The molecule has 1 radical (unpaired) electrons. The number of hydrogen-bond acceptors (Lipinski definition) is 2. The monoisotopic (exact) mass is 128 g/mol. The Morgan fingerprint density at radius 3 is 2.33 bits per heavy atom. The van der Waals surface area contributed by atoms with Crippen LogP contribution in [-0.2, 0) is 4.79 Å². The summed E-state index contributed by atoms with van der Waals surface area (Å²) in [5.41, 5.74) is 0. The van der Waals surface area contributed by atoms with Gasteiger partial charge in [-0.3, -0.25) is 4.79 Å². The molecule has 0 bridgehead atoms. The first kappa shape index (κ1) is 8.63. The van der Waals surface area contributed by atoms with E-state index in [0.717, 1.165) is 6.42 Å². The second-order valence-electron chi connectivity index (χ2n) is 2.27. The summed E-state index contributed by atoms with van der Waals surface area (Å²) in [6, 6.07) is -0.0880. The van der Waals surface area contributed by atoms with Crippen LogP contribution in [0.3, 0.4) is 0 Å². The third kappa shape index (κ3) is 2.61. The van der Waals surface area contributed by atoms with Crippen molar-refractivity contribution < 1.29 is 4.79 Å². The largest absolute Gasteiger partial charge is 0.310 e. The first-order chi connectivity index (χ1) is 4.26. The highest BCUT2D eigenvalue weighted by Gasteiger charge is 2.11. The maximum Gasteiger partial charge on any atom is 0.217 e. The van der Waals surface area contributed by atoms with Crippen LogP contribution in [0.25, 0.3) is 0 Å². The van der Waals surface area contributed by atoms with Crippen molar-refractivity contribution in [3.8, 4) is 0 Å². The quantitative estimate of drug-likeness (QED) is 0.604. The van der Waals surface area contributed by atoms with Crippen LogP contribution in [0.2, 0.25) is 0 Å². The van der Waals surface area contributed by atoms with Gasteiger partial charge in [-0.2, -0.15) is 0 Å². The number of hydrogen-bond donors (Lipinski definition) is 1. The molecule has 0 spiro atoms. The van der Waals surface area contributed by atoms with E-state index in [1.54, 1.807) is 7.05 Å². The fourth-order valence-electron chi connectivity index (χ4n) is 0.695. The van der Waals surface area contributed by atoms with Crippen molar-refractivity contribution in [1.82, 2.24) is 5.32 Å². The van der Waals surface area contributed by atoms with Crippen molar-refractivity contribution >= 4 is 6.29 Å². The lowest BCUT2D eigenvalue weighted by atomic mass is 10.0. The molecular formula is C7H14NO. The zero-order chi connectivity index (χ0) is 7.28. The minimum Gasteiger partial charge on any atom is -0.310 e. The molecule has 0 aliphatic carbocycles. The second kappa shape index (κ2) is 4.50. The molecule has 0 aromatic rings. The molecule has 0 fully saturated rings. The summed E-state index contributed by atoms with van der Waals surface area (Å²) in [6.45, 7) is 4.10. The van der Waals surface area contributed by atoms with Gasteiger partial charge in [0.15, 0.2) is 0 Å². The minimum absolute atomic E-state index is 0.0880. The Hall–Kier alpha value is -0.370. The van der Waals surface area contributed by atoms with Crippen LogP contribution in [0, 0.1) is 5.92 Å². The molecule has 2 atom stereocenters. The Labute approximate surface area is 56.6 Å². The smallest absolute Gasteiger partial charge is 0.217 e. The Balaban J connectivity index is 3.63. The van der Waals surface area contributed by atoms with Gasteiger partial charge < -0.3 is 5.32 Å². The van der Waals surface area contributed by atoms with E-state index in [1.807, 2.05) is 13.2 Å². The summed E-state index contributed by atoms with van der Waals surface area (Å²) in [6.07, 6.45) is 2.96. The van der Waals surface area contributed by atoms with Crippen LogP contribution in [0.4, 0.5) is 0 Å². The molecule has 0 unspecified atom stereocenters. The lowest BCUT2D eigenvalue weighted by Crippen LogP contribution is -2.32. The maximum absolute atomic E-state index is 10.1. The highest BCUT2D eigenvalue weighted by atomic mass is 16.1. The van der Waals surface area contributed by atoms with Gasteiger partial charge in [0.1, 0.15) is 0 Å². The Morgan fingerprint density at radius 1 is 1.67 bits per heavy atom. The van der Waals surface area contributed by atoms with Gasteiger partial charge in [-0.1, -0.05) is 20.3 Å². The molecule has 0 aromatic carbocycles. The SMILES string of the molecule is CC[C@H](C)[C@@H]([C]=O)NC. The molecule has 0 aliphatic rings. The fraction of sp³-hybridized carbons (Fsp3) is 0.857. The fourth-order valence-corrected chi connectivity index (χ4v) is 0.695. The number of nitrogens with one attached hydrogen (secondary N) is 1. The van der Waals surface area contributed by atoms with Crippen molar-refractivity contribution in [2.75, 3.05) is 7.05 Å². The average Bonchev–Trinajstić information content (AvgIpc) is 1.90. The van der Waals surface area contributed by atoms with E-state index in [0.29, 0.717) is 5.92 Å². The van der Waals surface area contributed by atoms with Crippen LogP contribution < -0.4 is 5.32 Å². The predicted octanol–water partition coefficient (Wildman–Crippen LogP) is 0.730. The maximum atomic E-state index is 10.1. The van der Waals surface area contributed by atoms with Crippen LogP contribution in [0.5, 0.6) is 0 Å². The first-order valence-electron chi connectivity index (χ1n) is 3.31. The van der Waals surface area contributed by atoms with Crippen molar-refractivity contribution in [2.45, 2.75) is 26.3 Å². The minimum atomic E-state index is -0.0880. The molecule has 1 N–H and O–H groups in total. The van der Waals surface area contributed by atoms with E-state index in [4.69, 9.17) is 0 Å². The summed E-state index contributed by atoms with van der Waals surface area (Å²) < 4.78 is 0. The summed E-state index contributed by atoms with van der Waals surface area (Å²) in [5.74, 6) is 0.396. The van der Waals surface area contributed by atoms with E-state index < -0.39 is 0 Å². The van der Waals surface area contributed by atoms with Crippen molar-refractivity contribution in [1.29, 1.82) is 0 Å². The topological polar surface area (TPSA) is 29.1 Å². The van der Waals surface area contributed by atoms with E-state index in [9.17, 15) is 4.79 Å². The molecule has 53 valence electrons. The predicted molar refractivity (Wildman–Crippen MR) is 38.0 cm³/mol. The van der Waals surface area contributed by atoms with Gasteiger partial charge in [-0.05, 0) is 13.0 Å². The zero-order valence-corrected chi connectivity index (χ0v) is 6.27. The van der Waals surface area contributed by atoms with Gasteiger partial charge in [0.2, 0.25) is 6.29 Å². The highest BCUT2D eigenvalue weighted by Crippen LogP contribution is 2.03. The van der Waals surface area contributed by atoms with E-state index in [-0.39, 0.29) is 6.04 Å². The lowest BCUT2D eigenvalue weighted by molar-refractivity contribution is 0.438. The molecule has 9 heavy (non-hydrogen) atoms. The zero-order valence-electron chi connectivity index (χ0n) is 6.27. The normalized spacial score (nSPS) is 16.8. The molecule has 0 aliphatic heterocycles. The molecule has 0 amide bonds.